The summed E-state index contributed by atoms with van der Waals surface area (Å²) in [5, 5.41) is 10.3. The van der Waals surface area contributed by atoms with Gasteiger partial charge >= 0.3 is 6.03 Å². The number of methoxy groups -OCH3 is 1. The number of urea groups is 1. The molecule has 1 atom stereocenters. The van der Waals surface area contributed by atoms with Crippen LogP contribution in [0, 0.1) is 0 Å². The van der Waals surface area contributed by atoms with Crippen molar-refractivity contribution in [3.8, 4) is 11.4 Å². The van der Waals surface area contributed by atoms with Gasteiger partial charge in [0.1, 0.15) is 11.4 Å². The van der Waals surface area contributed by atoms with E-state index in [1.54, 1.807) is 18.0 Å². The summed E-state index contributed by atoms with van der Waals surface area (Å²) in [5.41, 5.74) is 1.81. The Labute approximate surface area is 135 Å². The molecule has 122 valence electrons. The molecule has 0 aliphatic heterocycles. The Kier molecular flexibility index (Phi) is 4.50. The molecule has 1 saturated carbocycles. The summed E-state index contributed by atoms with van der Waals surface area (Å²) in [4.78, 5) is 11.9. The first-order valence-electron chi connectivity index (χ1n) is 7.92. The Hall–Kier alpha value is -2.50. The Bertz CT molecular complexity index is 679. The molecule has 6 nitrogen and oxygen atoms in total. The Morgan fingerprint density at radius 3 is 2.87 bits per heavy atom. The number of benzene rings is 1. The highest BCUT2D eigenvalue weighted by Crippen LogP contribution is 2.23. The van der Waals surface area contributed by atoms with Crippen LogP contribution in [-0.2, 0) is 0 Å². The zero-order valence-electron chi connectivity index (χ0n) is 13.5. The van der Waals surface area contributed by atoms with E-state index in [-0.39, 0.29) is 12.1 Å². The normalized spacial score (nSPS) is 15.6. The topological polar surface area (TPSA) is 68.2 Å². The van der Waals surface area contributed by atoms with Crippen LogP contribution < -0.4 is 15.4 Å². The lowest BCUT2D eigenvalue weighted by atomic mass is 9.93. The highest BCUT2D eigenvalue weighted by Gasteiger charge is 2.20. The smallest absolute Gasteiger partial charge is 0.315 e. The first kappa shape index (κ1) is 15.4. The van der Waals surface area contributed by atoms with E-state index >= 15 is 0 Å². The minimum atomic E-state index is -0.118. The second-order valence-electron chi connectivity index (χ2n) is 5.86. The quantitative estimate of drug-likeness (QED) is 0.891. The molecule has 1 fully saturated rings. The van der Waals surface area contributed by atoms with Gasteiger partial charge in [-0.2, -0.15) is 5.10 Å². The van der Waals surface area contributed by atoms with Crippen LogP contribution in [0.3, 0.4) is 0 Å². The van der Waals surface area contributed by atoms with Crippen molar-refractivity contribution >= 4 is 6.03 Å². The number of carbonyl (C=O) groups is 1. The van der Waals surface area contributed by atoms with Gasteiger partial charge in [-0.05, 0) is 38.3 Å². The molecule has 0 bridgehead atoms. The lowest BCUT2D eigenvalue weighted by Gasteiger charge is -2.27. The molecular formula is C17H22N4O2. The summed E-state index contributed by atoms with van der Waals surface area (Å²) in [6.07, 6.45) is 7.03. The van der Waals surface area contributed by atoms with Crippen LogP contribution in [0.1, 0.15) is 37.8 Å². The SMILES string of the molecule is COc1ccccc1-n1cc([C@@H](C)NC(=O)NC2CCC2)cn1. The molecule has 3 rings (SSSR count). The number of ether oxygens (including phenoxy) is 1. The molecule has 2 N–H and O–H groups in total. The van der Waals surface area contributed by atoms with Crippen molar-refractivity contribution in [1.29, 1.82) is 0 Å². The van der Waals surface area contributed by atoms with Crippen molar-refractivity contribution in [2.75, 3.05) is 7.11 Å². The molecule has 0 saturated heterocycles. The maximum atomic E-state index is 11.9. The molecular weight excluding hydrogens is 292 g/mol. The third-order valence-electron chi connectivity index (χ3n) is 4.22. The average Bonchev–Trinajstić information content (AvgIpc) is 3.01. The molecule has 1 heterocycles. The maximum absolute atomic E-state index is 11.9. The molecule has 1 aliphatic carbocycles. The Morgan fingerprint density at radius 1 is 1.39 bits per heavy atom. The predicted molar refractivity (Wildman–Crippen MR) is 87.8 cm³/mol. The summed E-state index contributed by atoms with van der Waals surface area (Å²) < 4.78 is 7.12. The van der Waals surface area contributed by atoms with Gasteiger partial charge in [-0.25, -0.2) is 9.48 Å². The first-order chi connectivity index (χ1) is 11.2. The summed E-state index contributed by atoms with van der Waals surface area (Å²) in [6, 6.07) is 7.79. The van der Waals surface area contributed by atoms with Gasteiger partial charge in [0.25, 0.3) is 0 Å². The third kappa shape index (κ3) is 3.47. The highest BCUT2D eigenvalue weighted by molar-refractivity contribution is 5.74. The molecule has 0 radical (unpaired) electrons. The average molecular weight is 314 g/mol. The number of carbonyl (C=O) groups excluding carboxylic acids is 1. The van der Waals surface area contributed by atoms with Gasteiger partial charge in [-0.3, -0.25) is 0 Å². The largest absolute Gasteiger partial charge is 0.494 e. The number of para-hydroxylation sites is 2. The van der Waals surface area contributed by atoms with E-state index in [0.29, 0.717) is 6.04 Å². The number of hydrogen-bond donors (Lipinski definition) is 2. The number of hydrogen-bond acceptors (Lipinski definition) is 3. The molecule has 2 amide bonds. The lowest BCUT2D eigenvalue weighted by molar-refractivity contribution is 0.225. The van der Waals surface area contributed by atoms with Gasteiger partial charge in [0, 0.05) is 17.8 Å². The first-order valence-corrected chi connectivity index (χ1v) is 7.92. The van der Waals surface area contributed by atoms with Gasteiger partial charge in [0.05, 0.1) is 19.3 Å². The van der Waals surface area contributed by atoms with Gasteiger partial charge in [0.2, 0.25) is 0 Å². The maximum Gasteiger partial charge on any atom is 0.315 e. The summed E-state index contributed by atoms with van der Waals surface area (Å²) >= 11 is 0. The molecule has 2 aromatic rings. The standard InChI is InChI=1S/C17H22N4O2/c1-12(19-17(22)20-14-6-5-7-14)13-10-18-21(11-13)15-8-3-4-9-16(15)23-2/h3-4,8-12,14H,5-7H2,1-2H3,(H2,19,20,22)/t12-/m1/s1. The second kappa shape index (κ2) is 6.73. The molecule has 0 unspecified atom stereocenters. The number of rotatable bonds is 5. The van der Waals surface area contributed by atoms with Gasteiger partial charge in [-0.1, -0.05) is 12.1 Å². The van der Waals surface area contributed by atoms with Crippen molar-refractivity contribution in [2.45, 2.75) is 38.3 Å². The Balaban J connectivity index is 1.67. The highest BCUT2D eigenvalue weighted by atomic mass is 16.5. The van der Waals surface area contributed by atoms with E-state index in [9.17, 15) is 4.79 Å². The van der Waals surface area contributed by atoms with Gasteiger partial charge in [-0.15, -0.1) is 0 Å². The van der Waals surface area contributed by atoms with Crippen molar-refractivity contribution in [2.24, 2.45) is 0 Å². The van der Waals surface area contributed by atoms with Gasteiger partial charge < -0.3 is 15.4 Å². The van der Waals surface area contributed by atoms with Gasteiger partial charge in [0.15, 0.2) is 0 Å². The van der Waals surface area contributed by atoms with Crippen molar-refractivity contribution in [1.82, 2.24) is 20.4 Å². The number of amides is 2. The van der Waals surface area contributed by atoms with Crippen LogP contribution in [0.25, 0.3) is 5.69 Å². The van der Waals surface area contributed by atoms with Crippen molar-refractivity contribution < 1.29 is 9.53 Å². The molecule has 0 spiro atoms. The van der Waals surface area contributed by atoms with Crippen LogP contribution in [0.4, 0.5) is 4.79 Å². The van der Waals surface area contributed by atoms with Crippen molar-refractivity contribution in [3.05, 3.63) is 42.2 Å². The monoisotopic (exact) mass is 314 g/mol. The van der Waals surface area contributed by atoms with E-state index in [1.807, 2.05) is 37.4 Å². The molecule has 1 aromatic carbocycles. The molecule has 23 heavy (non-hydrogen) atoms. The van der Waals surface area contributed by atoms with E-state index in [4.69, 9.17) is 4.74 Å². The third-order valence-corrected chi connectivity index (χ3v) is 4.22. The molecule has 6 heteroatoms. The summed E-state index contributed by atoms with van der Waals surface area (Å²) in [5.74, 6) is 0.755. The number of aromatic nitrogens is 2. The van der Waals surface area contributed by atoms with E-state index in [1.165, 1.54) is 6.42 Å². The van der Waals surface area contributed by atoms with E-state index in [0.717, 1.165) is 29.8 Å². The fraction of sp³-hybridized carbons (Fsp3) is 0.412. The van der Waals surface area contributed by atoms with E-state index < -0.39 is 0 Å². The summed E-state index contributed by atoms with van der Waals surface area (Å²) in [6.45, 7) is 1.95. The van der Waals surface area contributed by atoms with Crippen LogP contribution in [-0.4, -0.2) is 29.0 Å². The van der Waals surface area contributed by atoms with Crippen LogP contribution >= 0.6 is 0 Å². The molecule has 1 aromatic heterocycles. The zero-order valence-corrected chi connectivity index (χ0v) is 13.5. The number of nitrogens with one attached hydrogen (secondary N) is 2. The van der Waals surface area contributed by atoms with Crippen LogP contribution in [0.15, 0.2) is 36.7 Å². The van der Waals surface area contributed by atoms with E-state index in [2.05, 4.69) is 15.7 Å². The minimum absolute atomic E-state index is 0.112. The van der Waals surface area contributed by atoms with Crippen LogP contribution in [0.5, 0.6) is 5.75 Å². The predicted octanol–water partition coefficient (Wildman–Crippen LogP) is 2.79. The number of nitrogens with zero attached hydrogens (tertiary/aromatic N) is 2. The fourth-order valence-electron chi connectivity index (χ4n) is 2.57. The second-order valence-corrected chi connectivity index (χ2v) is 5.86. The zero-order chi connectivity index (χ0) is 16.2. The van der Waals surface area contributed by atoms with Crippen molar-refractivity contribution in [3.63, 3.8) is 0 Å². The lowest BCUT2D eigenvalue weighted by Crippen LogP contribution is -2.45. The van der Waals surface area contributed by atoms with Crippen LogP contribution in [0.2, 0.25) is 0 Å². The minimum Gasteiger partial charge on any atom is -0.494 e. The fourth-order valence-corrected chi connectivity index (χ4v) is 2.57. The Morgan fingerprint density at radius 2 is 2.17 bits per heavy atom. The molecule has 1 aliphatic rings. The summed E-state index contributed by atoms with van der Waals surface area (Å²) in [7, 11) is 1.64.